The van der Waals surface area contributed by atoms with Gasteiger partial charge in [0.1, 0.15) is 11.2 Å². The first-order valence-corrected chi connectivity index (χ1v) is 5.49. The Hall–Kier alpha value is -2.02. The van der Waals surface area contributed by atoms with Gasteiger partial charge in [-0.15, -0.1) is 0 Å². The van der Waals surface area contributed by atoms with Gasteiger partial charge in [0, 0.05) is 5.69 Å². The maximum atomic E-state index is 11.9. The highest BCUT2D eigenvalue weighted by Gasteiger charge is 2.50. The Morgan fingerprint density at radius 3 is 2.71 bits per heavy atom. The van der Waals surface area contributed by atoms with Crippen LogP contribution in [0.5, 0.6) is 5.75 Å². The molecule has 1 aliphatic carbocycles. The zero-order valence-corrected chi connectivity index (χ0v) is 9.91. The quantitative estimate of drug-likeness (QED) is 0.866. The first-order chi connectivity index (χ1) is 8.11. The molecule has 1 N–H and O–H groups in total. The van der Waals surface area contributed by atoms with Crippen LogP contribution >= 0.6 is 0 Å². The lowest BCUT2D eigenvalue weighted by molar-refractivity contribution is -0.119. The van der Waals surface area contributed by atoms with E-state index in [2.05, 4.69) is 11.4 Å². The summed E-state index contributed by atoms with van der Waals surface area (Å²) in [5, 5.41) is 11.7. The molecular weight excluding hydrogens is 216 g/mol. The molecule has 1 aromatic rings. The Labute approximate surface area is 100 Å². The number of nitriles is 1. The van der Waals surface area contributed by atoms with E-state index in [4.69, 9.17) is 10.00 Å². The van der Waals surface area contributed by atoms with Gasteiger partial charge in [0.25, 0.3) is 0 Å². The van der Waals surface area contributed by atoms with Gasteiger partial charge in [-0.1, -0.05) is 0 Å². The van der Waals surface area contributed by atoms with Crippen molar-refractivity contribution in [3.63, 3.8) is 0 Å². The molecule has 1 amide bonds. The standard InChI is InChI=1S/C13H14N2O2/c1-9-7-10(17-2)3-4-11(9)15-12(16)13(8-14)5-6-13/h3-4,7H,5-6H2,1-2H3,(H,15,16). The van der Waals surface area contributed by atoms with Crippen molar-refractivity contribution in [2.24, 2.45) is 5.41 Å². The van der Waals surface area contributed by atoms with Gasteiger partial charge in [0.2, 0.25) is 5.91 Å². The van der Waals surface area contributed by atoms with E-state index >= 15 is 0 Å². The smallest absolute Gasteiger partial charge is 0.244 e. The Kier molecular flexibility index (Phi) is 2.76. The molecular formula is C13H14N2O2. The van der Waals surface area contributed by atoms with Crippen molar-refractivity contribution in [2.45, 2.75) is 19.8 Å². The van der Waals surface area contributed by atoms with Crippen molar-refractivity contribution in [1.29, 1.82) is 5.26 Å². The minimum atomic E-state index is -0.785. The van der Waals surface area contributed by atoms with Crippen molar-refractivity contribution in [3.8, 4) is 11.8 Å². The fraction of sp³-hybridized carbons (Fsp3) is 0.385. The molecule has 2 rings (SSSR count). The molecule has 1 aromatic carbocycles. The second-order valence-corrected chi connectivity index (χ2v) is 4.33. The van der Waals surface area contributed by atoms with E-state index in [9.17, 15) is 4.79 Å². The van der Waals surface area contributed by atoms with Crippen LogP contribution in [0.15, 0.2) is 18.2 Å². The molecule has 0 spiro atoms. The monoisotopic (exact) mass is 230 g/mol. The lowest BCUT2D eigenvalue weighted by Gasteiger charge is -2.11. The summed E-state index contributed by atoms with van der Waals surface area (Å²) in [5.41, 5.74) is 0.871. The Morgan fingerprint density at radius 2 is 2.24 bits per heavy atom. The number of rotatable bonds is 3. The van der Waals surface area contributed by atoms with Crippen molar-refractivity contribution >= 4 is 11.6 Å². The number of hydrogen-bond donors (Lipinski definition) is 1. The fourth-order valence-electron chi connectivity index (χ4n) is 1.66. The fourth-order valence-corrected chi connectivity index (χ4v) is 1.66. The van der Waals surface area contributed by atoms with Gasteiger partial charge in [0.05, 0.1) is 13.2 Å². The SMILES string of the molecule is COc1ccc(NC(=O)C2(C#N)CC2)c(C)c1. The molecule has 17 heavy (non-hydrogen) atoms. The summed E-state index contributed by atoms with van der Waals surface area (Å²) in [4.78, 5) is 11.9. The highest BCUT2D eigenvalue weighted by molar-refractivity contribution is 5.99. The van der Waals surface area contributed by atoms with Crippen molar-refractivity contribution in [3.05, 3.63) is 23.8 Å². The molecule has 0 atom stereocenters. The number of methoxy groups -OCH3 is 1. The Balaban J connectivity index is 2.15. The predicted molar refractivity (Wildman–Crippen MR) is 63.6 cm³/mol. The van der Waals surface area contributed by atoms with Crippen LogP contribution in [0.2, 0.25) is 0 Å². The summed E-state index contributed by atoms with van der Waals surface area (Å²) >= 11 is 0. The van der Waals surface area contributed by atoms with E-state index < -0.39 is 5.41 Å². The zero-order chi connectivity index (χ0) is 12.5. The van der Waals surface area contributed by atoms with Crippen LogP contribution in [0.4, 0.5) is 5.69 Å². The summed E-state index contributed by atoms with van der Waals surface area (Å²) in [7, 11) is 1.60. The number of hydrogen-bond acceptors (Lipinski definition) is 3. The number of nitrogens with zero attached hydrogens (tertiary/aromatic N) is 1. The second kappa shape index (κ2) is 4.10. The number of nitrogens with one attached hydrogen (secondary N) is 1. The minimum absolute atomic E-state index is 0.201. The van der Waals surface area contributed by atoms with Gasteiger partial charge in [-0.25, -0.2) is 0 Å². The lowest BCUT2D eigenvalue weighted by Crippen LogP contribution is -2.23. The van der Waals surface area contributed by atoms with Gasteiger partial charge < -0.3 is 10.1 Å². The van der Waals surface area contributed by atoms with Gasteiger partial charge in [0.15, 0.2) is 0 Å². The largest absolute Gasteiger partial charge is 0.497 e. The summed E-state index contributed by atoms with van der Waals surface area (Å²) in [5.74, 6) is 0.551. The number of amides is 1. The van der Waals surface area contributed by atoms with E-state index in [0.29, 0.717) is 12.8 Å². The van der Waals surface area contributed by atoms with Crippen LogP contribution in [-0.2, 0) is 4.79 Å². The van der Waals surface area contributed by atoms with E-state index in [1.165, 1.54) is 0 Å². The third-order valence-corrected chi connectivity index (χ3v) is 3.08. The number of carbonyl (C=O) groups excluding carboxylic acids is 1. The van der Waals surface area contributed by atoms with Crippen molar-refractivity contribution in [2.75, 3.05) is 12.4 Å². The van der Waals surface area contributed by atoms with E-state index in [-0.39, 0.29) is 5.91 Å². The van der Waals surface area contributed by atoms with Gasteiger partial charge in [-0.2, -0.15) is 5.26 Å². The first kappa shape index (κ1) is 11.5. The molecule has 0 saturated heterocycles. The van der Waals surface area contributed by atoms with Crippen LogP contribution in [0, 0.1) is 23.7 Å². The summed E-state index contributed by atoms with van der Waals surface area (Å²) in [6, 6.07) is 7.50. The highest BCUT2D eigenvalue weighted by Crippen LogP contribution is 2.45. The molecule has 0 heterocycles. The Morgan fingerprint density at radius 1 is 1.53 bits per heavy atom. The molecule has 0 unspecified atom stereocenters. The number of carbonyl (C=O) groups is 1. The Bertz CT molecular complexity index is 499. The number of aryl methyl sites for hydroxylation is 1. The van der Waals surface area contributed by atoms with Gasteiger partial charge in [-0.05, 0) is 43.5 Å². The predicted octanol–water partition coefficient (Wildman–Crippen LogP) is 2.25. The van der Waals surface area contributed by atoms with Crippen molar-refractivity contribution < 1.29 is 9.53 Å². The molecule has 0 aliphatic heterocycles. The van der Waals surface area contributed by atoms with Crippen LogP contribution in [0.1, 0.15) is 18.4 Å². The van der Waals surface area contributed by atoms with Crippen LogP contribution in [0.25, 0.3) is 0 Å². The lowest BCUT2D eigenvalue weighted by atomic mass is 10.1. The molecule has 88 valence electrons. The molecule has 1 fully saturated rings. The van der Waals surface area contributed by atoms with Crippen molar-refractivity contribution in [1.82, 2.24) is 0 Å². The molecule has 0 aromatic heterocycles. The zero-order valence-electron chi connectivity index (χ0n) is 9.91. The first-order valence-electron chi connectivity index (χ1n) is 5.49. The molecule has 1 saturated carbocycles. The number of benzene rings is 1. The highest BCUT2D eigenvalue weighted by atomic mass is 16.5. The number of anilines is 1. The average molecular weight is 230 g/mol. The van der Waals surface area contributed by atoms with Crippen LogP contribution in [-0.4, -0.2) is 13.0 Å². The van der Waals surface area contributed by atoms with E-state index in [1.54, 1.807) is 19.2 Å². The summed E-state index contributed by atoms with van der Waals surface area (Å²) in [6.07, 6.45) is 1.31. The average Bonchev–Trinajstić information content (AvgIpc) is 3.12. The minimum Gasteiger partial charge on any atom is -0.497 e. The third kappa shape index (κ3) is 2.09. The molecule has 4 heteroatoms. The second-order valence-electron chi connectivity index (χ2n) is 4.33. The normalized spacial score (nSPS) is 15.8. The summed E-state index contributed by atoms with van der Waals surface area (Å²) < 4.78 is 5.09. The number of ether oxygens (including phenoxy) is 1. The van der Waals surface area contributed by atoms with Gasteiger partial charge in [-0.3, -0.25) is 4.79 Å². The topological polar surface area (TPSA) is 62.1 Å². The molecule has 0 radical (unpaired) electrons. The molecule has 0 bridgehead atoms. The van der Waals surface area contributed by atoms with E-state index in [1.807, 2.05) is 13.0 Å². The van der Waals surface area contributed by atoms with Gasteiger partial charge >= 0.3 is 0 Å². The van der Waals surface area contributed by atoms with Crippen LogP contribution < -0.4 is 10.1 Å². The van der Waals surface area contributed by atoms with E-state index in [0.717, 1.165) is 17.0 Å². The summed E-state index contributed by atoms with van der Waals surface area (Å²) in [6.45, 7) is 1.89. The molecule has 4 nitrogen and oxygen atoms in total. The van der Waals surface area contributed by atoms with Crippen LogP contribution in [0.3, 0.4) is 0 Å². The molecule has 1 aliphatic rings. The maximum absolute atomic E-state index is 11.9. The maximum Gasteiger partial charge on any atom is 0.244 e. The third-order valence-electron chi connectivity index (χ3n) is 3.08.